The van der Waals surface area contributed by atoms with E-state index in [1.165, 1.54) is 3.07 Å². The average molecular weight is 314 g/mol. The van der Waals surface area contributed by atoms with Gasteiger partial charge in [0.1, 0.15) is 0 Å². The molecule has 0 spiro atoms. The van der Waals surface area contributed by atoms with Gasteiger partial charge in [-0.1, -0.05) is 0 Å². The van der Waals surface area contributed by atoms with Crippen molar-refractivity contribution in [1.82, 2.24) is 4.98 Å². The van der Waals surface area contributed by atoms with E-state index in [9.17, 15) is 0 Å². The van der Waals surface area contributed by atoms with Crippen LogP contribution in [0.4, 0.5) is 0 Å². The molecule has 1 heterocycles. The van der Waals surface area contributed by atoms with Crippen LogP contribution in [0.3, 0.4) is 0 Å². The summed E-state index contributed by atoms with van der Waals surface area (Å²) >= 11 is -1.13. The third kappa shape index (κ3) is 1.71. The molecule has 0 unspecified atom stereocenters. The van der Waals surface area contributed by atoms with E-state index < -0.39 is 23.3 Å². The Morgan fingerprint density at radius 1 is 1.62 bits per heavy atom. The van der Waals surface area contributed by atoms with Gasteiger partial charge in [0.05, 0.1) is 0 Å². The molecule has 1 nitrogen and oxygen atoms in total. The Morgan fingerprint density at radius 2 is 2.50 bits per heavy atom. The molecule has 0 radical (unpaired) electrons. The van der Waals surface area contributed by atoms with Crippen LogP contribution < -0.4 is 3.07 Å². The predicted octanol–water partition coefficient (Wildman–Crippen LogP) is 0.943. The summed E-state index contributed by atoms with van der Waals surface area (Å²) in [5.41, 5.74) is 0. The van der Waals surface area contributed by atoms with E-state index in [4.69, 9.17) is 8.25 Å². The maximum absolute atomic E-state index is 5.71. The van der Waals surface area contributed by atoms with Crippen molar-refractivity contribution in [2.75, 3.05) is 0 Å². The molecule has 0 saturated carbocycles. The molecule has 0 aliphatic carbocycles. The Kier molecular flexibility index (Phi) is 2.77. The van der Waals surface area contributed by atoms with Crippen LogP contribution in [0.15, 0.2) is 24.5 Å². The standard InChI is InChI=1S/C5H4N.ClH.Hg/c1-2-4-6-5-3-1;;/h1-2,4-5H;1H;/q;;+1/p-1. The van der Waals surface area contributed by atoms with Gasteiger partial charge < -0.3 is 0 Å². The molecule has 3 heteroatoms. The molecule has 0 fully saturated rings. The van der Waals surface area contributed by atoms with Gasteiger partial charge in [0.15, 0.2) is 0 Å². The summed E-state index contributed by atoms with van der Waals surface area (Å²) in [4.78, 5) is 3.93. The van der Waals surface area contributed by atoms with E-state index in [0.29, 0.717) is 0 Å². The van der Waals surface area contributed by atoms with Gasteiger partial charge in [0.25, 0.3) is 0 Å². The van der Waals surface area contributed by atoms with Crippen molar-refractivity contribution in [2.45, 2.75) is 0 Å². The maximum atomic E-state index is 5.71. The summed E-state index contributed by atoms with van der Waals surface area (Å²) in [6, 6.07) is 3.97. The first-order valence-corrected chi connectivity index (χ1v) is 11.9. The van der Waals surface area contributed by atoms with Gasteiger partial charge in [-0.3, -0.25) is 0 Å². The zero-order valence-corrected chi connectivity index (χ0v) is 10.6. The van der Waals surface area contributed by atoms with Crippen molar-refractivity contribution in [2.24, 2.45) is 0 Å². The minimum absolute atomic E-state index is 1.13. The molecule has 0 aromatic carbocycles. The molecule has 0 saturated heterocycles. The number of pyridine rings is 1. The number of hydrogen-bond acceptors (Lipinski definition) is 1. The fourth-order valence-electron chi connectivity index (χ4n) is 0.477. The first-order chi connectivity index (χ1) is 3.93. The average Bonchev–Trinajstić information content (AvgIpc) is 1.90. The molecular weight excluding hydrogens is 310 g/mol. The van der Waals surface area contributed by atoms with Crippen LogP contribution >= 0.6 is 8.25 Å². The van der Waals surface area contributed by atoms with E-state index in [0.717, 1.165) is 0 Å². The van der Waals surface area contributed by atoms with Gasteiger partial charge in [-0.25, -0.2) is 0 Å². The van der Waals surface area contributed by atoms with Crippen LogP contribution in [0, 0.1) is 0 Å². The topological polar surface area (TPSA) is 12.9 Å². The molecule has 0 bridgehead atoms. The third-order valence-corrected chi connectivity index (χ3v) is 6.41. The molecule has 38 valence electrons. The summed E-state index contributed by atoms with van der Waals surface area (Å²) in [6.45, 7) is 0. The van der Waals surface area contributed by atoms with Crippen molar-refractivity contribution in [3.63, 3.8) is 0 Å². The van der Waals surface area contributed by atoms with E-state index in [1.807, 2.05) is 18.3 Å². The fraction of sp³-hybridized carbons (Fsp3) is 0. The van der Waals surface area contributed by atoms with Crippen molar-refractivity contribution >= 4 is 11.3 Å². The normalized spacial score (nSPS) is 8.12. The van der Waals surface area contributed by atoms with Crippen molar-refractivity contribution in [1.29, 1.82) is 0 Å². The zero-order chi connectivity index (χ0) is 5.82. The molecule has 0 aliphatic heterocycles. The van der Waals surface area contributed by atoms with E-state index in [2.05, 4.69) is 4.98 Å². The molecule has 0 amide bonds. The minimum atomic E-state index is -1.13. The van der Waals surface area contributed by atoms with Crippen molar-refractivity contribution in [3.05, 3.63) is 24.5 Å². The fourth-order valence-corrected chi connectivity index (χ4v) is 3.42. The second-order valence-corrected chi connectivity index (χ2v) is 8.05. The van der Waals surface area contributed by atoms with Crippen LogP contribution in [0.2, 0.25) is 0 Å². The summed E-state index contributed by atoms with van der Waals surface area (Å²) in [7, 11) is 5.71. The third-order valence-electron chi connectivity index (χ3n) is 0.877. The van der Waals surface area contributed by atoms with Crippen LogP contribution in [-0.4, -0.2) is 4.98 Å². The zero-order valence-electron chi connectivity index (χ0n) is 4.34. The Bertz CT molecular complexity index is 154. The number of aromatic nitrogens is 1. The van der Waals surface area contributed by atoms with Gasteiger partial charge in [0, 0.05) is 0 Å². The van der Waals surface area contributed by atoms with Crippen LogP contribution in [0.5, 0.6) is 0 Å². The van der Waals surface area contributed by atoms with Gasteiger partial charge in [-0.05, 0) is 0 Å². The van der Waals surface area contributed by atoms with Crippen LogP contribution in [0.1, 0.15) is 0 Å². The summed E-state index contributed by atoms with van der Waals surface area (Å²) in [6.07, 6.45) is 3.62. The molecule has 1 aromatic heterocycles. The Labute approximate surface area is 64.0 Å². The predicted molar refractivity (Wildman–Crippen MR) is 29.7 cm³/mol. The van der Waals surface area contributed by atoms with Gasteiger partial charge in [0.2, 0.25) is 0 Å². The molecular formula is C5H4ClHgN. The first kappa shape index (κ1) is 6.49. The molecule has 0 N–H and O–H groups in total. The van der Waals surface area contributed by atoms with Gasteiger partial charge >= 0.3 is 64.2 Å². The number of rotatable bonds is 1. The summed E-state index contributed by atoms with van der Waals surface area (Å²) in [5, 5.41) is 0. The van der Waals surface area contributed by atoms with Gasteiger partial charge in [-0.2, -0.15) is 0 Å². The molecule has 0 aliphatic rings. The second-order valence-electron chi connectivity index (χ2n) is 1.49. The molecule has 8 heavy (non-hydrogen) atoms. The monoisotopic (exact) mass is 315 g/mol. The van der Waals surface area contributed by atoms with Crippen LogP contribution in [0.25, 0.3) is 0 Å². The molecule has 1 aromatic rings. The Hall–Kier alpha value is 0.375. The van der Waals surface area contributed by atoms with Crippen molar-refractivity contribution in [3.8, 4) is 0 Å². The molecule has 0 atom stereocenters. The Balaban J connectivity index is 2.83. The summed E-state index contributed by atoms with van der Waals surface area (Å²) in [5.74, 6) is 0. The van der Waals surface area contributed by atoms with E-state index >= 15 is 0 Å². The molecule has 1 rings (SSSR count). The Morgan fingerprint density at radius 3 is 2.88 bits per heavy atom. The van der Waals surface area contributed by atoms with Crippen molar-refractivity contribution < 1.29 is 23.3 Å². The number of hydrogen-bond donors (Lipinski definition) is 0. The van der Waals surface area contributed by atoms with E-state index in [-0.39, 0.29) is 0 Å². The first-order valence-electron chi connectivity index (χ1n) is 2.38. The van der Waals surface area contributed by atoms with E-state index in [1.54, 1.807) is 6.20 Å². The quantitative estimate of drug-likeness (QED) is 0.703. The number of halogens is 1. The SMILES string of the molecule is [Cl][Hg][c]1cccnc1. The second kappa shape index (κ2) is 3.41. The number of nitrogens with zero attached hydrogens (tertiary/aromatic N) is 1. The van der Waals surface area contributed by atoms with Gasteiger partial charge in [-0.15, -0.1) is 0 Å². The summed E-state index contributed by atoms with van der Waals surface area (Å²) < 4.78 is 1.29. The van der Waals surface area contributed by atoms with Crippen LogP contribution in [-0.2, 0) is 23.3 Å².